The maximum atomic E-state index is 6.12. The third-order valence-corrected chi connectivity index (χ3v) is 2.66. The Kier molecular flexibility index (Phi) is 3.25. The molecule has 0 bridgehead atoms. The molecule has 0 aliphatic heterocycles. The topological polar surface area (TPSA) is 35.0 Å². The lowest BCUT2D eigenvalue weighted by molar-refractivity contribution is 0.415. The molecule has 1 heterocycles. The van der Waals surface area contributed by atoms with Crippen LogP contribution < -0.4 is 4.74 Å². The van der Waals surface area contributed by atoms with Gasteiger partial charge in [-0.2, -0.15) is 0 Å². The van der Waals surface area contributed by atoms with Gasteiger partial charge in [-0.25, -0.2) is 9.97 Å². The summed E-state index contributed by atoms with van der Waals surface area (Å²) in [6, 6.07) is 5.63. The fraction of sp³-hybridized carbons (Fsp3) is 0.333. The van der Waals surface area contributed by atoms with E-state index in [1.807, 2.05) is 18.2 Å². The van der Waals surface area contributed by atoms with Gasteiger partial charge in [-0.3, -0.25) is 0 Å². The van der Waals surface area contributed by atoms with Crippen LogP contribution >= 0.6 is 11.6 Å². The second-order valence-corrected chi connectivity index (χ2v) is 3.92. The summed E-state index contributed by atoms with van der Waals surface area (Å²) in [5.41, 5.74) is 0.865. The van der Waals surface area contributed by atoms with Crippen molar-refractivity contribution in [2.75, 3.05) is 7.11 Å². The van der Waals surface area contributed by atoms with Crippen LogP contribution in [0.15, 0.2) is 18.2 Å². The summed E-state index contributed by atoms with van der Waals surface area (Å²) < 4.78 is 5.14. The number of ether oxygens (including phenoxy) is 1. The van der Waals surface area contributed by atoms with E-state index in [0.717, 1.165) is 35.3 Å². The van der Waals surface area contributed by atoms with Crippen molar-refractivity contribution in [2.24, 2.45) is 0 Å². The molecule has 0 atom stereocenters. The van der Waals surface area contributed by atoms with Gasteiger partial charge in [0.25, 0.3) is 0 Å². The predicted octanol–water partition coefficient (Wildman–Crippen LogP) is 3.24. The normalized spacial score (nSPS) is 10.7. The Balaban J connectivity index is 2.57. The fourth-order valence-electron chi connectivity index (χ4n) is 1.58. The molecular formula is C12H13ClN2O. The molecule has 0 radical (unpaired) electrons. The Morgan fingerprint density at radius 1 is 1.31 bits per heavy atom. The zero-order chi connectivity index (χ0) is 11.5. The van der Waals surface area contributed by atoms with Crippen molar-refractivity contribution in [3.63, 3.8) is 0 Å². The fourth-order valence-corrected chi connectivity index (χ4v) is 1.83. The smallest absolute Gasteiger partial charge is 0.140 e. The third-order valence-electron chi connectivity index (χ3n) is 2.38. The number of aromatic nitrogens is 2. The van der Waals surface area contributed by atoms with Crippen molar-refractivity contribution in [1.82, 2.24) is 9.97 Å². The highest BCUT2D eigenvalue weighted by molar-refractivity contribution is 6.34. The molecule has 0 N–H and O–H groups in total. The molecule has 0 saturated heterocycles. The van der Waals surface area contributed by atoms with Gasteiger partial charge in [-0.05, 0) is 24.6 Å². The van der Waals surface area contributed by atoms with E-state index in [0.29, 0.717) is 5.15 Å². The Labute approximate surface area is 99.4 Å². The van der Waals surface area contributed by atoms with Crippen molar-refractivity contribution in [3.8, 4) is 5.75 Å². The summed E-state index contributed by atoms with van der Waals surface area (Å²) in [6.45, 7) is 2.09. The highest BCUT2D eigenvalue weighted by Gasteiger charge is 2.06. The van der Waals surface area contributed by atoms with Crippen LogP contribution in [-0.4, -0.2) is 17.1 Å². The minimum Gasteiger partial charge on any atom is -0.497 e. The van der Waals surface area contributed by atoms with Crippen molar-refractivity contribution in [2.45, 2.75) is 19.8 Å². The SMILES string of the molecule is CCCc1nc(Cl)c2cc(OC)ccc2n1. The number of benzene rings is 1. The van der Waals surface area contributed by atoms with Crippen LogP contribution in [0.1, 0.15) is 19.2 Å². The lowest BCUT2D eigenvalue weighted by Gasteiger charge is -2.05. The molecule has 0 saturated carbocycles. The zero-order valence-corrected chi connectivity index (χ0v) is 10.1. The number of halogens is 1. The first-order valence-corrected chi connectivity index (χ1v) is 5.62. The minimum absolute atomic E-state index is 0.493. The van der Waals surface area contributed by atoms with Crippen molar-refractivity contribution in [1.29, 1.82) is 0 Å². The number of aryl methyl sites for hydroxylation is 1. The van der Waals surface area contributed by atoms with Crippen LogP contribution in [0.3, 0.4) is 0 Å². The molecule has 0 aliphatic rings. The van der Waals surface area contributed by atoms with Crippen molar-refractivity contribution < 1.29 is 4.74 Å². The second-order valence-electron chi connectivity index (χ2n) is 3.56. The summed E-state index contributed by atoms with van der Waals surface area (Å²) in [7, 11) is 1.63. The molecule has 0 unspecified atom stereocenters. The quantitative estimate of drug-likeness (QED) is 0.768. The van der Waals surface area contributed by atoms with Gasteiger partial charge in [-0.1, -0.05) is 18.5 Å². The molecule has 0 fully saturated rings. The molecule has 3 nitrogen and oxygen atoms in total. The van der Waals surface area contributed by atoms with Crippen LogP contribution in [-0.2, 0) is 6.42 Å². The number of hydrogen-bond donors (Lipinski definition) is 0. The Bertz CT molecular complexity index is 514. The van der Waals surface area contributed by atoms with Gasteiger partial charge in [0.2, 0.25) is 0 Å². The summed E-state index contributed by atoms with van der Waals surface area (Å²) in [4.78, 5) is 8.72. The maximum Gasteiger partial charge on any atom is 0.140 e. The standard InChI is InChI=1S/C12H13ClN2O/c1-3-4-11-14-10-6-5-8(16-2)7-9(10)12(13)15-11/h5-7H,3-4H2,1-2H3. The van der Waals surface area contributed by atoms with Gasteiger partial charge in [0.1, 0.15) is 16.7 Å². The molecule has 84 valence electrons. The molecule has 16 heavy (non-hydrogen) atoms. The van der Waals surface area contributed by atoms with Crippen LogP contribution in [0.5, 0.6) is 5.75 Å². The number of nitrogens with zero attached hydrogens (tertiary/aromatic N) is 2. The Morgan fingerprint density at radius 2 is 2.12 bits per heavy atom. The first-order valence-electron chi connectivity index (χ1n) is 5.24. The van der Waals surface area contributed by atoms with E-state index in [-0.39, 0.29) is 0 Å². The third kappa shape index (κ3) is 2.09. The molecule has 0 amide bonds. The van der Waals surface area contributed by atoms with Gasteiger partial charge in [-0.15, -0.1) is 0 Å². The van der Waals surface area contributed by atoms with Gasteiger partial charge in [0.05, 0.1) is 12.6 Å². The highest BCUT2D eigenvalue weighted by Crippen LogP contribution is 2.25. The average Bonchev–Trinajstić information content (AvgIpc) is 2.29. The monoisotopic (exact) mass is 236 g/mol. The molecule has 1 aromatic carbocycles. The molecule has 1 aromatic heterocycles. The second kappa shape index (κ2) is 4.66. The Morgan fingerprint density at radius 3 is 2.81 bits per heavy atom. The van der Waals surface area contributed by atoms with E-state index in [1.54, 1.807) is 7.11 Å². The minimum atomic E-state index is 0.493. The number of hydrogen-bond acceptors (Lipinski definition) is 3. The van der Waals surface area contributed by atoms with E-state index in [9.17, 15) is 0 Å². The van der Waals surface area contributed by atoms with E-state index in [2.05, 4.69) is 16.9 Å². The van der Waals surface area contributed by atoms with Crippen molar-refractivity contribution in [3.05, 3.63) is 29.2 Å². The summed E-state index contributed by atoms with van der Waals surface area (Å²) >= 11 is 6.12. The molecule has 0 spiro atoms. The van der Waals surface area contributed by atoms with E-state index in [4.69, 9.17) is 16.3 Å². The maximum absolute atomic E-state index is 6.12. The van der Waals surface area contributed by atoms with E-state index in [1.165, 1.54) is 0 Å². The van der Waals surface area contributed by atoms with Gasteiger partial charge in [0.15, 0.2) is 0 Å². The molecule has 4 heteroatoms. The first-order chi connectivity index (χ1) is 7.74. The number of rotatable bonds is 3. The zero-order valence-electron chi connectivity index (χ0n) is 9.33. The predicted molar refractivity (Wildman–Crippen MR) is 65.1 cm³/mol. The first kappa shape index (κ1) is 11.1. The van der Waals surface area contributed by atoms with Gasteiger partial charge < -0.3 is 4.74 Å². The molecule has 2 aromatic rings. The molecule has 0 aliphatic carbocycles. The molecular weight excluding hydrogens is 224 g/mol. The Hall–Kier alpha value is -1.35. The van der Waals surface area contributed by atoms with E-state index < -0.39 is 0 Å². The largest absolute Gasteiger partial charge is 0.497 e. The van der Waals surface area contributed by atoms with Crippen molar-refractivity contribution >= 4 is 22.5 Å². The van der Waals surface area contributed by atoms with Crippen LogP contribution in [0.4, 0.5) is 0 Å². The van der Waals surface area contributed by atoms with Crippen LogP contribution in [0.2, 0.25) is 5.15 Å². The van der Waals surface area contributed by atoms with Crippen LogP contribution in [0.25, 0.3) is 10.9 Å². The van der Waals surface area contributed by atoms with E-state index >= 15 is 0 Å². The molecule has 2 rings (SSSR count). The number of fused-ring (bicyclic) bond motifs is 1. The lowest BCUT2D eigenvalue weighted by Crippen LogP contribution is -1.96. The van der Waals surface area contributed by atoms with Gasteiger partial charge >= 0.3 is 0 Å². The lowest BCUT2D eigenvalue weighted by atomic mass is 10.2. The van der Waals surface area contributed by atoms with Crippen LogP contribution in [0, 0.1) is 0 Å². The average molecular weight is 237 g/mol. The van der Waals surface area contributed by atoms with Gasteiger partial charge in [0, 0.05) is 11.8 Å². The number of methoxy groups -OCH3 is 1. The summed E-state index contributed by atoms with van der Waals surface area (Å²) in [6.07, 6.45) is 1.86. The summed E-state index contributed by atoms with van der Waals surface area (Å²) in [5, 5.41) is 1.33. The highest BCUT2D eigenvalue weighted by atomic mass is 35.5. The summed E-state index contributed by atoms with van der Waals surface area (Å²) in [5.74, 6) is 1.56.